The van der Waals surface area contributed by atoms with Gasteiger partial charge < -0.3 is 11.1 Å². The summed E-state index contributed by atoms with van der Waals surface area (Å²) >= 11 is 9.20. The summed E-state index contributed by atoms with van der Waals surface area (Å²) in [5.74, 6) is -1.01. The molecule has 1 atom stereocenters. The van der Waals surface area contributed by atoms with Crippen molar-refractivity contribution in [2.75, 3.05) is 5.32 Å². The third kappa shape index (κ3) is 3.19. The van der Waals surface area contributed by atoms with Crippen LogP contribution < -0.4 is 11.1 Å². The summed E-state index contributed by atoms with van der Waals surface area (Å²) in [7, 11) is 0. The number of hydrogen-bond donors (Lipinski definition) is 2. The van der Waals surface area contributed by atoms with Gasteiger partial charge in [0.2, 0.25) is 5.91 Å². The van der Waals surface area contributed by atoms with Crippen molar-refractivity contribution in [2.24, 2.45) is 5.73 Å². The first-order valence-corrected chi connectivity index (χ1v) is 7.30. The second-order valence-electron chi connectivity index (χ2n) is 4.72. The molecule has 0 bridgehead atoms. The highest BCUT2D eigenvalue weighted by Crippen LogP contribution is 2.32. The van der Waals surface area contributed by atoms with Gasteiger partial charge in [0.1, 0.15) is 11.4 Å². The number of carbonyl (C=O) groups is 1. The Kier molecular flexibility index (Phi) is 4.54. The molecule has 3 N–H and O–H groups in total. The van der Waals surface area contributed by atoms with Crippen LogP contribution in [0.4, 0.5) is 10.1 Å². The number of para-hydroxylation sites is 1. The number of nitrogens with one attached hydrogen (secondary N) is 1. The molecule has 2 aromatic carbocycles. The first-order valence-electron chi connectivity index (χ1n) is 6.13. The van der Waals surface area contributed by atoms with Crippen LogP contribution in [0, 0.1) is 5.82 Å². The molecule has 0 saturated carbocycles. The number of hydrogen-bond acceptors (Lipinski definition) is 2. The predicted octanol–water partition coefficient (Wildman–Crippen LogP) is 4.05. The Labute approximate surface area is 135 Å². The van der Waals surface area contributed by atoms with Gasteiger partial charge in [-0.25, -0.2) is 4.39 Å². The number of nitrogens with two attached hydrogens (primary N) is 1. The minimum atomic E-state index is -1.22. The van der Waals surface area contributed by atoms with Crippen LogP contribution in [-0.2, 0) is 10.3 Å². The van der Waals surface area contributed by atoms with E-state index in [1.54, 1.807) is 31.2 Å². The highest BCUT2D eigenvalue weighted by Gasteiger charge is 2.34. The van der Waals surface area contributed by atoms with Gasteiger partial charge in [-0.05, 0) is 52.7 Å². The molecule has 1 amide bonds. The maximum absolute atomic E-state index is 13.4. The Morgan fingerprint density at radius 3 is 2.57 bits per heavy atom. The summed E-state index contributed by atoms with van der Waals surface area (Å²) in [4.78, 5) is 11.9. The number of amides is 1. The van der Waals surface area contributed by atoms with Gasteiger partial charge in [0.25, 0.3) is 0 Å². The van der Waals surface area contributed by atoms with Gasteiger partial charge in [-0.3, -0.25) is 4.79 Å². The van der Waals surface area contributed by atoms with Crippen molar-refractivity contribution in [3.8, 4) is 0 Å². The van der Waals surface area contributed by atoms with E-state index in [1.165, 1.54) is 18.2 Å². The molecule has 21 heavy (non-hydrogen) atoms. The number of benzene rings is 2. The Balaban J connectivity index is 2.48. The normalized spacial score (nSPS) is 13.5. The van der Waals surface area contributed by atoms with Crippen LogP contribution in [0.25, 0.3) is 0 Å². The monoisotopic (exact) mass is 370 g/mol. The molecule has 0 aromatic heterocycles. The van der Waals surface area contributed by atoms with Gasteiger partial charge in [-0.1, -0.05) is 29.8 Å². The van der Waals surface area contributed by atoms with E-state index in [4.69, 9.17) is 17.3 Å². The van der Waals surface area contributed by atoms with Gasteiger partial charge in [-0.2, -0.15) is 0 Å². The van der Waals surface area contributed by atoms with Crippen LogP contribution in [-0.4, -0.2) is 5.91 Å². The maximum atomic E-state index is 13.4. The van der Waals surface area contributed by atoms with Crippen LogP contribution in [0.1, 0.15) is 12.5 Å². The number of carbonyl (C=O) groups excluding carboxylic acids is 1. The van der Waals surface area contributed by atoms with E-state index in [9.17, 15) is 9.18 Å². The topological polar surface area (TPSA) is 55.1 Å². The van der Waals surface area contributed by atoms with Gasteiger partial charge in [0, 0.05) is 0 Å². The van der Waals surface area contributed by atoms with Gasteiger partial charge in [0.05, 0.1) is 15.2 Å². The lowest BCUT2D eigenvalue weighted by Crippen LogP contribution is -2.45. The Morgan fingerprint density at radius 2 is 2.00 bits per heavy atom. The van der Waals surface area contributed by atoms with Gasteiger partial charge in [0.15, 0.2) is 0 Å². The van der Waals surface area contributed by atoms with E-state index in [-0.39, 0.29) is 4.47 Å². The highest BCUT2D eigenvalue weighted by atomic mass is 79.9. The van der Waals surface area contributed by atoms with Crippen LogP contribution >= 0.6 is 27.5 Å². The minimum absolute atomic E-state index is 0.258. The van der Waals surface area contributed by atoms with Gasteiger partial charge >= 0.3 is 0 Å². The maximum Gasteiger partial charge on any atom is 0.247 e. The van der Waals surface area contributed by atoms with Crippen LogP contribution in [0.2, 0.25) is 5.02 Å². The fraction of sp³-hybridized carbons (Fsp3) is 0.133. The zero-order valence-corrected chi connectivity index (χ0v) is 13.5. The molecule has 1 unspecified atom stereocenters. The van der Waals surface area contributed by atoms with Crippen LogP contribution in [0.5, 0.6) is 0 Å². The number of rotatable bonds is 4. The lowest BCUT2D eigenvalue weighted by Gasteiger charge is -2.29. The average Bonchev–Trinajstić information content (AvgIpc) is 2.44. The first kappa shape index (κ1) is 15.8. The number of anilines is 1. The standard InChI is InChI=1S/C15H13BrClFN2O/c1-15(14(19)21,9-6-7-12(18)10(16)8-9)20-13-5-3-2-4-11(13)17/h2-8,20H,1H3,(H2,19,21). The Bertz CT molecular complexity index is 695. The van der Waals surface area contributed by atoms with Crippen molar-refractivity contribution in [3.63, 3.8) is 0 Å². The number of halogens is 3. The molecule has 2 aromatic rings. The molecular formula is C15H13BrClFN2O. The summed E-state index contributed by atoms with van der Waals surface area (Å²) < 4.78 is 13.6. The summed E-state index contributed by atoms with van der Waals surface area (Å²) in [6.45, 7) is 1.62. The smallest absolute Gasteiger partial charge is 0.247 e. The van der Waals surface area contributed by atoms with E-state index in [0.717, 1.165) is 0 Å². The summed E-state index contributed by atoms with van der Waals surface area (Å²) in [6.07, 6.45) is 0. The van der Waals surface area contributed by atoms with Crippen molar-refractivity contribution in [1.29, 1.82) is 0 Å². The molecule has 3 nitrogen and oxygen atoms in total. The molecule has 0 heterocycles. The van der Waals surface area contributed by atoms with Crippen molar-refractivity contribution in [3.05, 3.63) is 63.3 Å². The lowest BCUT2D eigenvalue weighted by molar-refractivity contribution is -0.122. The highest BCUT2D eigenvalue weighted by molar-refractivity contribution is 9.10. The molecule has 6 heteroatoms. The first-order chi connectivity index (χ1) is 9.84. The fourth-order valence-corrected chi connectivity index (χ4v) is 2.48. The average molecular weight is 372 g/mol. The molecule has 0 fully saturated rings. The molecule has 0 radical (unpaired) electrons. The molecule has 0 spiro atoms. The molecular weight excluding hydrogens is 359 g/mol. The van der Waals surface area contributed by atoms with Gasteiger partial charge in [-0.15, -0.1) is 0 Å². The fourth-order valence-electron chi connectivity index (χ4n) is 1.92. The van der Waals surface area contributed by atoms with Crippen molar-refractivity contribution < 1.29 is 9.18 Å². The van der Waals surface area contributed by atoms with Crippen molar-refractivity contribution in [2.45, 2.75) is 12.5 Å². The van der Waals surface area contributed by atoms with Crippen LogP contribution in [0.15, 0.2) is 46.9 Å². The van der Waals surface area contributed by atoms with Crippen LogP contribution in [0.3, 0.4) is 0 Å². The molecule has 0 aliphatic carbocycles. The molecule has 0 aliphatic rings. The minimum Gasteiger partial charge on any atom is -0.367 e. The van der Waals surface area contributed by atoms with E-state index in [0.29, 0.717) is 16.3 Å². The molecule has 0 saturated heterocycles. The molecule has 2 rings (SSSR count). The van der Waals surface area contributed by atoms with E-state index in [2.05, 4.69) is 21.2 Å². The third-order valence-electron chi connectivity index (χ3n) is 3.25. The molecule has 110 valence electrons. The number of primary amides is 1. The van der Waals surface area contributed by atoms with Crippen molar-refractivity contribution in [1.82, 2.24) is 0 Å². The lowest BCUT2D eigenvalue weighted by atomic mass is 9.90. The third-order valence-corrected chi connectivity index (χ3v) is 4.19. The second kappa shape index (κ2) is 6.03. The zero-order chi connectivity index (χ0) is 15.6. The second-order valence-corrected chi connectivity index (χ2v) is 5.98. The van der Waals surface area contributed by atoms with E-state index < -0.39 is 17.3 Å². The largest absolute Gasteiger partial charge is 0.367 e. The van der Waals surface area contributed by atoms with Crippen molar-refractivity contribution >= 4 is 39.1 Å². The summed E-state index contributed by atoms with van der Waals surface area (Å²) in [5.41, 5.74) is 5.42. The predicted molar refractivity (Wildman–Crippen MR) is 85.7 cm³/mol. The summed E-state index contributed by atoms with van der Waals surface area (Å²) in [5, 5.41) is 3.50. The zero-order valence-electron chi connectivity index (χ0n) is 11.2. The van der Waals surface area contributed by atoms with E-state index in [1.807, 2.05) is 0 Å². The van der Waals surface area contributed by atoms with E-state index >= 15 is 0 Å². The summed E-state index contributed by atoms with van der Waals surface area (Å²) in [6, 6.07) is 11.3. The Hall–Kier alpha value is -1.59. The quantitative estimate of drug-likeness (QED) is 0.852. The SMILES string of the molecule is CC(Nc1ccccc1Cl)(C(N)=O)c1ccc(F)c(Br)c1. The Morgan fingerprint density at radius 1 is 1.33 bits per heavy atom. The molecule has 0 aliphatic heterocycles.